The van der Waals surface area contributed by atoms with E-state index in [1.807, 2.05) is 56.6 Å². The van der Waals surface area contributed by atoms with Gasteiger partial charge in [0.15, 0.2) is 5.11 Å². The first-order valence-electron chi connectivity index (χ1n) is 10.4. The van der Waals surface area contributed by atoms with Crippen LogP contribution in [0.25, 0.3) is 11.3 Å². The lowest BCUT2D eigenvalue weighted by Gasteiger charge is -2.27. The number of likely N-dealkylation sites (N-methyl/N-ethyl adjacent to an activating group) is 1. The number of ether oxygens (including phenoxy) is 1. The molecule has 1 N–H and O–H groups in total. The second kappa shape index (κ2) is 9.50. The molecular formula is C24H26N4O3S. The minimum absolute atomic E-state index is 0.133. The van der Waals surface area contributed by atoms with Gasteiger partial charge in [0.25, 0.3) is 0 Å². The number of aromatic nitrogens is 1. The van der Waals surface area contributed by atoms with Crippen molar-refractivity contribution in [1.29, 1.82) is 0 Å². The predicted octanol–water partition coefficient (Wildman–Crippen LogP) is 3.66. The molecule has 0 saturated carbocycles. The summed E-state index contributed by atoms with van der Waals surface area (Å²) in [4.78, 5) is 20.8. The quantitative estimate of drug-likeness (QED) is 0.432. The fourth-order valence-electron chi connectivity index (χ4n) is 3.85. The van der Waals surface area contributed by atoms with Gasteiger partial charge in [0.1, 0.15) is 17.6 Å². The molecule has 1 aliphatic rings. The van der Waals surface area contributed by atoms with Crippen LogP contribution >= 0.6 is 12.2 Å². The summed E-state index contributed by atoms with van der Waals surface area (Å²) in [5.41, 5.74) is 2.19. The molecule has 1 aromatic carbocycles. The van der Waals surface area contributed by atoms with E-state index >= 15 is 0 Å². The van der Waals surface area contributed by atoms with Crippen molar-refractivity contribution in [2.24, 2.45) is 0 Å². The number of nitrogens with zero attached hydrogens (tertiary/aromatic N) is 3. The first-order chi connectivity index (χ1) is 15.5. The molecule has 4 rings (SSSR count). The Balaban J connectivity index is 1.69. The van der Waals surface area contributed by atoms with Crippen LogP contribution in [0.4, 0.5) is 0 Å². The molecule has 1 saturated heterocycles. The van der Waals surface area contributed by atoms with Crippen molar-refractivity contribution < 1.29 is 13.9 Å². The molecule has 32 heavy (non-hydrogen) atoms. The summed E-state index contributed by atoms with van der Waals surface area (Å²) >= 11 is 5.68. The van der Waals surface area contributed by atoms with Gasteiger partial charge in [0.2, 0.25) is 0 Å². The zero-order valence-corrected chi connectivity index (χ0v) is 19.1. The van der Waals surface area contributed by atoms with Crippen molar-refractivity contribution in [3.8, 4) is 11.3 Å². The number of carbonyl (C=O) groups is 1. The molecule has 8 heteroatoms. The first kappa shape index (κ1) is 22.0. The Kier molecular flexibility index (Phi) is 6.53. The van der Waals surface area contributed by atoms with E-state index in [0.717, 1.165) is 30.1 Å². The molecule has 1 aliphatic heterocycles. The number of hydrogen-bond acceptors (Lipinski definition) is 6. The second-order valence-corrected chi connectivity index (χ2v) is 8.28. The SMILES string of the molecule is COC(=O)c1cccc(-c2ccc([C@@H]3[C@H](c4ccccn4)NC(=S)N3CCN(C)C)o2)c1. The van der Waals surface area contributed by atoms with Crippen molar-refractivity contribution in [3.05, 3.63) is 77.8 Å². The molecule has 2 atom stereocenters. The largest absolute Gasteiger partial charge is 0.465 e. The van der Waals surface area contributed by atoms with Crippen LogP contribution in [0.3, 0.4) is 0 Å². The van der Waals surface area contributed by atoms with Crippen molar-refractivity contribution in [2.45, 2.75) is 12.1 Å². The lowest BCUT2D eigenvalue weighted by Crippen LogP contribution is -2.35. The molecule has 3 aromatic rings. The summed E-state index contributed by atoms with van der Waals surface area (Å²) in [7, 11) is 5.45. The predicted molar refractivity (Wildman–Crippen MR) is 126 cm³/mol. The summed E-state index contributed by atoms with van der Waals surface area (Å²) in [6.45, 7) is 1.60. The molecule has 2 aromatic heterocycles. The number of methoxy groups -OCH3 is 1. The molecule has 7 nitrogen and oxygen atoms in total. The van der Waals surface area contributed by atoms with Crippen LogP contribution in [0.2, 0.25) is 0 Å². The maximum atomic E-state index is 11.9. The van der Waals surface area contributed by atoms with Gasteiger partial charge in [-0.05, 0) is 62.7 Å². The number of thiocarbonyl (C=S) groups is 1. The summed E-state index contributed by atoms with van der Waals surface area (Å²) < 4.78 is 11.2. The maximum absolute atomic E-state index is 11.9. The lowest BCUT2D eigenvalue weighted by molar-refractivity contribution is 0.0601. The Hall–Kier alpha value is -3.23. The van der Waals surface area contributed by atoms with Gasteiger partial charge in [-0.25, -0.2) is 4.79 Å². The molecule has 0 amide bonds. The zero-order chi connectivity index (χ0) is 22.7. The second-order valence-electron chi connectivity index (χ2n) is 7.90. The Morgan fingerprint density at radius 1 is 1.22 bits per heavy atom. The molecule has 0 spiro atoms. The molecule has 0 radical (unpaired) electrons. The van der Waals surface area contributed by atoms with Crippen LogP contribution in [-0.2, 0) is 4.74 Å². The number of rotatable bonds is 7. The highest BCUT2D eigenvalue weighted by molar-refractivity contribution is 7.80. The van der Waals surface area contributed by atoms with Gasteiger partial charge < -0.3 is 24.3 Å². The maximum Gasteiger partial charge on any atom is 0.337 e. The van der Waals surface area contributed by atoms with E-state index in [1.165, 1.54) is 7.11 Å². The minimum atomic E-state index is -0.381. The lowest BCUT2D eigenvalue weighted by atomic mass is 10.0. The smallest absolute Gasteiger partial charge is 0.337 e. The van der Waals surface area contributed by atoms with Crippen molar-refractivity contribution >= 4 is 23.3 Å². The van der Waals surface area contributed by atoms with Crippen LogP contribution in [0.5, 0.6) is 0 Å². The zero-order valence-electron chi connectivity index (χ0n) is 18.3. The van der Waals surface area contributed by atoms with E-state index in [0.29, 0.717) is 16.4 Å². The third-order valence-corrected chi connectivity index (χ3v) is 5.82. The van der Waals surface area contributed by atoms with Gasteiger partial charge in [-0.3, -0.25) is 4.98 Å². The average molecular weight is 451 g/mol. The molecule has 0 bridgehead atoms. The number of hydrogen-bond donors (Lipinski definition) is 1. The van der Waals surface area contributed by atoms with E-state index in [4.69, 9.17) is 21.4 Å². The minimum Gasteiger partial charge on any atom is -0.465 e. The molecule has 3 heterocycles. The highest BCUT2D eigenvalue weighted by Crippen LogP contribution is 2.40. The number of carbonyl (C=O) groups excluding carboxylic acids is 1. The van der Waals surface area contributed by atoms with Crippen LogP contribution < -0.4 is 5.32 Å². The van der Waals surface area contributed by atoms with Crippen molar-refractivity contribution in [1.82, 2.24) is 20.1 Å². The van der Waals surface area contributed by atoms with Gasteiger partial charge in [-0.2, -0.15) is 0 Å². The molecular weight excluding hydrogens is 424 g/mol. The fraction of sp³-hybridized carbons (Fsp3) is 0.292. The highest BCUT2D eigenvalue weighted by atomic mass is 32.1. The summed E-state index contributed by atoms with van der Waals surface area (Å²) in [5, 5.41) is 4.11. The number of benzene rings is 1. The number of furan rings is 1. The Bertz CT molecular complexity index is 1100. The van der Waals surface area contributed by atoms with Crippen molar-refractivity contribution in [2.75, 3.05) is 34.3 Å². The van der Waals surface area contributed by atoms with Crippen LogP contribution in [-0.4, -0.2) is 60.2 Å². The molecule has 0 aliphatic carbocycles. The Morgan fingerprint density at radius 2 is 2.06 bits per heavy atom. The molecule has 166 valence electrons. The highest BCUT2D eigenvalue weighted by Gasteiger charge is 2.41. The normalized spacial score (nSPS) is 18.1. The summed E-state index contributed by atoms with van der Waals surface area (Å²) in [6, 6.07) is 16.7. The number of nitrogens with one attached hydrogen (secondary N) is 1. The summed E-state index contributed by atoms with van der Waals surface area (Å²) in [5.74, 6) is 1.08. The van der Waals surface area contributed by atoms with E-state index < -0.39 is 0 Å². The number of esters is 1. The van der Waals surface area contributed by atoms with E-state index in [-0.39, 0.29) is 18.1 Å². The third-order valence-electron chi connectivity index (χ3n) is 5.47. The van der Waals surface area contributed by atoms with Gasteiger partial charge >= 0.3 is 5.97 Å². The third kappa shape index (κ3) is 4.51. The van der Waals surface area contributed by atoms with Gasteiger partial charge in [-0.15, -0.1) is 0 Å². The Morgan fingerprint density at radius 3 is 2.78 bits per heavy atom. The summed E-state index contributed by atoms with van der Waals surface area (Å²) in [6.07, 6.45) is 1.78. The molecule has 0 unspecified atom stereocenters. The van der Waals surface area contributed by atoms with Crippen LogP contribution in [0, 0.1) is 0 Å². The van der Waals surface area contributed by atoms with E-state index in [2.05, 4.69) is 20.1 Å². The van der Waals surface area contributed by atoms with Gasteiger partial charge in [-0.1, -0.05) is 18.2 Å². The van der Waals surface area contributed by atoms with Crippen molar-refractivity contribution in [3.63, 3.8) is 0 Å². The Labute approximate surface area is 193 Å². The topological polar surface area (TPSA) is 70.8 Å². The standard InChI is InChI=1S/C24H26N4O3S/c1-27(2)13-14-28-22(21(26-24(28)32)18-9-4-5-12-25-18)20-11-10-19(31-20)16-7-6-8-17(15-16)23(29)30-3/h4-12,15,21-22H,13-14H2,1-3H3,(H,26,32)/t21-,22+/m0/s1. The molecule has 1 fully saturated rings. The first-order valence-corrected chi connectivity index (χ1v) is 10.8. The van der Waals surface area contributed by atoms with Gasteiger partial charge in [0.05, 0.1) is 24.4 Å². The van der Waals surface area contributed by atoms with Crippen LogP contribution in [0.1, 0.15) is 33.9 Å². The van der Waals surface area contributed by atoms with E-state index in [9.17, 15) is 4.79 Å². The number of pyridine rings is 1. The van der Waals surface area contributed by atoms with Gasteiger partial charge in [0, 0.05) is 24.8 Å². The van der Waals surface area contributed by atoms with Crippen LogP contribution in [0.15, 0.2) is 65.2 Å². The average Bonchev–Trinajstić information content (AvgIpc) is 3.42. The van der Waals surface area contributed by atoms with E-state index in [1.54, 1.807) is 18.3 Å². The monoisotopic (exact) mass is 450 g/mol. The fourth-order valence-corrected chi connectivity index (χ4v) is 4.18.